The molecule has 1 heterocycles. The molecular weight excluding hydrogens is 262 g/mol. The van der Waals surface area contributed by atoms with E-state index >= 15 is 0 Å². The van der Waals surface area contributed by atoms with Gasteiger partial charge >= 0.3 is 0 Å². The number of hydrogen-bond acceptors (Lipinski definition) is 3. The van der Waals surface area contributed by atoms with Gasteiger partial charge in [0, 0.05) is 29.1 Å². The van der Waals surface area contributed by atoms with Crippen molar-refractivity contribution in [2.45, 2.75) is 11.8 Å². The molecule has 19 heavy (non-hydrogen) atoms. The summed E-state index contributed by atoms with van der Waals surface area (Å²) < 4.78 is 23.6. The van der Waals surface area contributed by atoms with Crippen molar-refractivity contribution >= 4 is 32.2 Å². The molecule has 0 aromatic heterocycles. The maximum Gasteiger partial charge on any atom is 0.258 e. The average molecular weight is 275 g/mol. The Labute approximate surface area is 111 Å². The normalized spacial score (nSPS) is 14.4. The highest BCUT2D eigenvalue weighted by Crippen LogP contribution is 2.39. The van der Waals surface area contributed by atoms with Crippen molar-refractivity contribution in [2.75, 3.05) is 17.7 Å². The van der Waals surface area contributed by atoms with Gasteiger partial charge in [-0.05, 0) is 25.1 Å². The summed E-state index contributed by atoms with van der Waals surface area (Å²) in [6.07, 6.45) is 1.19. The quantitative estimate of drug-likeness (QED) is 0.844. The third-order valence-corrected chi connectivity index (χ3v) is 4.62. The van der Waals surface area contributed by atoms with Crippen LogP contribution in [0.25, 0.3) is 10.8 Å². The lowest BCUT2D eigenvalue weighted by molar-refractivity contribution is 0.0994. The summed E-state index contributed by atoms with van der Waals surface area (Å²) in [4.78, 5) is 14.2. The molecule has 0 N–H and O–H groups in total. The van der Waals surface area contributed by atoms with Gasteiger partial charge in [-0.3, -0.25) is 4.79 Å². The molecule has 98 valence electrons. The zero-order chi connectivity index (χ0) is 13.8. The summed E-state index contributed by atoms with van der Waals surface area (Å²) in [6.45, 7) is 2.47. The van der Waals surface area contributed by atoms with Crippen molar-refractivity contribution in [3.8, 4) is 0 Å². The number of anilines is 1. The maximum absolute atomic E-state index is 12.2. The first-order valence-corrected chi connectivity index (χ1v) is 7.92. The van der Waals surface area contributed by atoms with Gasteiger partial charge in [-0.2, -0.15) is 0 Å². The third-order valence-electron chi connectivity index (χ3n) is 3.46. The summed E-state index contributed by atoms with van der Waals surface area (Å²) in [5.41, 5.74) is 1.38. The molecule has 0 fully saturated rings. The van der Waals surface area contributed by atoms with Gasteiger partial charge in [-0.15, -0.1) is 0 Å². The Morgan fingerprint density at radius 2 is 1.89 bits per heavy atom. The van der Waals surface area contributed by atoms with E-state index in [1.807, 2.05) is 6.92 Å². The molecular formula is C14H13NO3S. The van der Waals surface area contributed by atoms with Crippen LogP contribution in [0.2, 0.25) is 0 Å². The SMILES string of the molecule is CCN1C(=O)c2cccc3c(S(C)(=O)=O)ccc1c23. The molecule has 5 heteroatoms. The number of carbonyl (C=O) groups is 1. The van der Waals surface area contributed by atoms with Crippen LogP contribution in [0.5, 0.6) is 0 Å². The highest BCUT2D eigenvalue weighted by Gasteiger charge is 2.30. The van der Waals surface area contributed by atoms with Crippen LogP contribution in [0.3, 0.4) is 0 Å². The number of rotatable bonds is 2. The standard InChI is InChI=1S/C14H13NO3S/c1-3-15-11-7-8-12(19(2,17)18)9-5-4-6-10(13(9)11)14(15)16/h4-8H,3H2,1-2H3. The van der Waals surface area contributed by atoms with E-state index < -0.39 is 9.84 Å². The van der Waals surface area contributed by atoms with Gasteiger partial charge in [0.25, 0.3) is 5.91 Å². The first-order chi connectivity index (χ1) is 8.95. The molecule has 0 aliphatic carbocycles. The lowest BCUT2D eigenvalue weighted by Gasteiger charge is -2.15. The molecule has 0 spiro atoms. The topological polar surface area (TPSA) is 54.5 Å². The van der Waals surface area contributed by atoms with Gasteiger partial charge < -0.3 is 4.90 Å². The maximum atomic E-state index is 12.2. The Balaban J connectivity index is 2.48. The summed E-state index contributed by atoms with van der Waals surface area (Å²) in [7, 11) is -3.31. The van der Waals surface area contributed by atoms with E-state index in [2.05, 4.69) is 0 Å². The Morgan fingerprint density at radius 1 is 1.16 bits per heavy atom. The molecule has 1 amide bonds. The van der Waals surface area contributed by atoms with Gasteiger partial charge in [0.1, 0.15) is 0 Å². The van der Waals surface area contributed by atoms with Crippen LogP contribution in [0.1, 0.15) is 17.3 Å². The Bertz CT molecular complexity index is 809. The summed E-state index contributed by atoms with van der Waals surface area (Å²) >= 11 is 0. The summed E-state index contributed by atoms with van der Waals surface area (Å²) in [5, 5.41) is 1.37. The highest BCUT2D eigenvalue weighted by molar-refractivity contribution is 7.91. The van der Waals surface area contributed by atoms with E-state index in [4.69, 9.17) is 0 Å². The lowest BCUT2D eigenvalue weighted by atomic mass is 10.1. The zero-order valence-electron chi connectivity index (χ0n) is 10.7. The fourth-order valence-electron chi connectivity index (χ4n) is 2.66. The second kappa shape index (κ2) is 3.81. The number of benzene rings is 2. The minimum atomic E-state index is -3.31. The van der Waals surface area contributed by atoms with Gasteiger partial charge in [0.2, 0.25) is 0 Å². The molecule has 4 nitrogen and oxygen atoms in total. The van der Waals surface area contributed by atoms with Crippen LogP contribution in [-0.2, 0) is 9.84 Å². The van der Waals surface area contributed by atoms with E-state index in [1.54, 1.807) is 35.2 Å². The molecule has 0 radical (unpaired) electrons. The second-order valence-electron chi connectivity index (χ2n) is 4.63. The first-order valence-electron chi connectivity index (χ1n) is 6.03. The van der Waals surface area contributed by atoms with Crippen molar-refractivity contribution in [1.82, 2.24) is 0 Å². The molecule has 0 bridgehead atoms. The van der Waals surface area contributed by atoms with Crippen LogP contribution < -0.4 is 4.90 Å². The minimum Gasteiger partial charge on any atom is -0.308 e. The van der Waals surface area contributed by atoms with Crippen LogP contribution in [0.15, 0.2) is 35.2 Å². The zero-order valence-corrected chi connectivity index (χ0v) is 11.5. The summed E-state index contributed by atoms with van der Waals surface area (Å²) in [6, 6.07) is 8.53. The monoisotopic (exact) mass is 275 g/mol. The van der Waals surface area contributed by atoms with Crippen LogP contribution in [0, 0.1) is 0 Å². The summed E-state index contributed by atoms with van der Waals surface area (Å²) in [5.74, 6) is -0.0613. The Morgan fingerprint density at radius 3 is 2.53 bits per heavy atom. The average Bonchev–Trinajstić information content (AvgIpc) is 2.63. The van der Waals surface area contributed by atoms with E-state index in [-0.39, 0.29) is 10.8 Å². The van der Waals surface area contributed by atoms with Gasteiger partial charge in [-0.25, -0.2) is 8.42 Å². The molecule has 2 aromatic rings. The molecule has 2 aromatic carbocycles. The molecule has 0 unspecified atom stereocenters. The molecule has 0 atom stereocenters. The van der Waals surface area contributed by atoms with Crippen molar-refractivity contribution in [2.24, 2.45) is 0 Å². The fourth-order valence-corrected chi connectivity index (χ4v) is 3.54. The van der Waals surface area contributed by atoms with Crippen molar-refractivity contribution in [3.63, 3.8) is 0 Å². The predicted molar refractivity (Wildman–Crippen MR) is 74.4 cm³/mol. The van der Waals surface area contributed by atoms with E-state index in [0.29, 0.717) is 17.5 Å². The molecule has 1 aliphatic heterocycles. The predicted octanol–water partition coefficient (Wildman–Crippen LogP) is 2.22. The number of sulfone groups is 1. The molecule has 3 rings (SSSR count). The van der Waals surface area contributed by atoms with Crippen LogP contribution >= 0.6 is 0 Å². The van der Waals surface area contributed by atoms with Crippen LogP contribution in [0.4, 0.5) is 5.69 Å². The molecule has 0 saturated heterocycles. The van der Waals surface area contributed by atoms with Gasteiger partial charge in [0.15, 0.2) is 9.84 Å². The van der Waals surface area contributed by atoms with Crippen molar-refractivity contribution < 1.29 is 13.2 Å². The Hall–Kier alpha value is -1.88. The van der Waals surface area contributed by atoms with Gasteiger partial charge in [0.05, 0.1) is 10.6 Å². The highest BCUT2D eigenvalue weighted by atomic mass is 32.2. The fraction of sp³-hybridized carbons (Fsp3) is 0.214. The van der Waals surface area contributed by atoms with E-state index in [9.17, 15) is 13.2 Å². The first kappa shape index (κ1) is 12.2. The number of carbonyl (C=O) groups excluding carboxylic acids is 1. The lowest BCUT2D eigenvalue weighted by Crippen LogP contribution is -2.25. The van der Waals surface area contributed by atoms with Crippen molar-refractivity contribution in [1.29, 1.82) is 0 Å². The molecule has 1 aliphatic rings. The van der Waals surface area contributed by atoms with E-state index in [0.717, 1.165) is 11.1 Å². The van der Waals surface area contributed by atoms with E-state index in [1.165, 1.54) is 6.26 Å². The number of hydrogen-bond donors (Lipinski definition) is 0. The van der Waals surface area contributed by atoms with Crippen molar-refractivity contribution in [3.05, 3.63) is 35.9 Å². The smallest absolute Gasteiger partial charge is 0.258 e. The number of amides is 1. The number of nitrogens with zero attached hydrogens (tertiary/aromatic N) is 1. The second-order valence-corrected chi connectivity index (χ2v) is 6.62. The van der Waals surface area contributed by atoms with Crippen LogP contribution in [-0.4, -0.2) is 27.1 Å². The largest absolute Gasteiger partial charge is 0.308 e. The third kappa shape index (κ3) is 1.58. The molecule has 0 saturated carbocycles. The Kier molecular flexibility index (Phi) is 2.44. The minimum absolute atomic E-state index is 0.0613. The van der Waals surface area contributed by atoms with Gasteiger partial charge in [-0.1, -0.05) is 12.1 Å².